The summed E-state index contributed by atoms with van der Waals surface area (Å²) >= 11 is 0. The molecule has 0 amide bonds. The number of carboxylic acids is 1. The summed E-state index contributed by atoms with van der Waals surface area (Å²) < 4.78 is 5.40. The van der Waals surface area contributed by atoms with Crippen molar-refractivity contribution in [3.8, 4) is 6.07 Å². The molecule has 0 aliphatic rings. The van der Waals surface area contributed by atoms with Gasteiger partial charge in [0.15, 0.2) is 0 Å². The van der Waals surface area contributed by atoms with Crippen LogP contribution in [0, 0.1) is 17.2 Å². The number of benzene rings is 1. The van der Waals surface area contributed by atoms with Crippen molar-refractivity contribution >= 4 is 16.9 Å². The molecule has 104 valence electrons. The van der Waals surface area contributed by atoms with Gasteiger partial charge in [-0.25, -0.2) is 4.79 Å². The van der Waals surface area contributed by atoms with Gasteiger partial charge < -0.3 is 14.4 Å². The molecule has 0 bridgehead atoms. The predicted octanol–water partition coefficient (Wildman–Crippen LogP) is 2.72. The molecule has 0 radical (unpaired) electrons. The molecule has 0 aliphatic heterocycles. The first-order valence-corrected chi connectivity index (χ1v) is 6.34. The van der Waals surface area contributed by atoms with Crippen LogP contribution in [-0.4, -0.2) is 29.6 Å². The van der Waals surface area contributed by atoms with Gasteiger partial charge in [-0.15, -0.1) is 0 Å². The molecule has 2 rings (SSSR count). The Kier molecular flexibility index (Phi) is 4.06. The van der Waals surface area contributed by atoms with Crippen molar-refractivity contribution in [1.82, 2.24) is 4.90 Å². The highest BCUT2D eigenvalue weighted by Crippen LogP contribution is 2.27. The largest absolute Gasteiger partial charge is 0.475 e. The minimum absolute atomic E-state index is 0.0253. The molecule has 1 aromatic carbocycles. The molecule has 0 saturated heterocycles. The average Bonchev–Trinajstić information content (AvgIpc) is 2.78. The zero-order chi connectivity index (χ0) is 14.7. The first-order valence-electron chi connectivity index (χ1n) is 6.34. The molecule has 1 aromatic heterocycles. The third-order valence-corrected chi connectivity index (χ3v) is 3.13. The van der Waals surface area contributed by atoms with Crippen LogP contribution in [0.1, 0.15) is 23.0 Å². The molecular weight excluding hydrogens is 256 g/mol. The van der Waals surface area contributed by atoms with Gasteiger partial charge in [0, 0.05) is 24.0 Å². The molecule has 1 N–H and O–H groups in total. The summed E-state index contributed by atoms with van der Waals surface area (Å²) in [5, 5.41) is 18.9. The number of carbonyl (C=O) groups is 1. The summed E-state index contributed by atoms with van der Waals surface area (Å²) in [4.78, 5) is 13.2. The van der Waals surface area contributed by atoms with Crippen LogP contribution < -0.4 is 0 Å². The second-order valence-electron chi connectivity index (χ2n) is 4.94. The molecule has 0 spiro atoms. The number of hydrogen-bond acceptors (Lipinski definition) is 4. The van der Waals surface area contributed by atoms with Crippen molar-refractivity contribution in [1.29, 1.82) is 5.26 Å². The Balaban J connectivity index is 2.35. The molecule has 2 aromatic rings. The smallest absolute Gasteiger partial charge is 0.372 e. The van der Waals surface area contributed by atoms with E-state index in [0.717, 1.165) is 5.39 Å². The van der Waals surface area contributed by atoms with Crippen LogP contribution in [0.2, 0.25) is 0 Å². The summed E-state index contributed by atoms with van der Waals surface area (Å²) in [7, 11) is 1.86. The second-order valence-corrected chi connectivity index (χ2v) is 4.94. The normalized spacial score (nSPS) is 12.5. The molecule has 0 fully saturated rings. The lowest BCUT2D eigenvalue weighted by Gasteiger charge is -2.17. The van der Waals surface area contributed by atoms with E-state index in [2.05, 4.69) is 6.07 Å². The molecule has 20 heavy (non-hydrogen) atoms. The van der Waals surface area contributed by atoms with Crippen molar-refractivity contribution in [2.75, 3.05) is 13.6 Å². The van der Waals surface area contributed by atoms with E-state index in [1.165, 1.54) is 0 Å². The number of furan rings is 1. The number of rotatable bonds is 5. The Hall–Kier alpha value is -2.32. The van der Waals surface area contributed by atoms with E-state index in [1.807, 2.05) is 37.1 Å². The molecular formula is C15H16N2O3. The lowest BCUT2D eigenvalue weighted by atomic mass is 10.1. The molecule has 5 nitrogen and oxygen atoms in total. The Bertz CT molecular complexity index is 669. The number of nitriles is 1. The van der Waals surface area contributed by atoms with Crippen molar-refractivity contribution in [3.63, 3.8) is 0 Å². The summed E-state index contributed by atoms with van der Waals surface area (Å²) in [6.07, 6.45) is 0. The summed E-state index contributed by atoms with van der Waals surface area (Å²) in [6.45, 7) is 2.85. The number of carboxylic acid groups (broad SMARTS) is 1. The maximum absolute atomic E-state index is 11.3. The minimum atomic E-state index is -1.07. The minimum Gasteiger partial charge on any atom is -0.475 e. The van der Waals surface area contributed by atoms with E-state index in [1.54, 1.807) is 6.07 Å². The summed E-state index contributed by atoms with van der Waals surface area (Å²) in [5.41, 5.74) is 1.22. The van der Waals surface area contributed by atoms with Crippen molar-refractivity contribution < 1.29 is 14.3 Å². The number of nitrogens with zero attached hydrogens (tertiary/aromatic N) is 2. The Morgan fingerprint density at radius 1 is 1.50 bits per heavy atom. The first-order chi connectivity index (χ1) is 9.52. The molecule has 1 unspecified atom stereocenters. The Morgan fingerprint density at radius 2 is 2.20 bits per heavy atom. The SMILES string of the molecule is CC(C#N)CN(C)Cc1c(C(=O)O)oc2ccccc12. The third-order valence-electron chi connectivity index (χ3n) is 3.13. The lowest BCUT2D eigenvalue weighted by molar-refractivity contribution is 0.0662. The van der Waals surface area contributed by atoms with Crippen LogP contribution in [0.4, 0.5) is 0 Å². The topological polar surface area (TPSA) is 77.5 Å². The highest BCUT2D eigenvalue weighted by atomic mass is 16.4. The average molecular weight is 272 g/mol. The van der Waals surface area contributed by atoms with Crippen molar-refractivity contribution in [3.05, 3.63) is 35.6 Å². The van der Waals surface area contributed by atoms with E-state index < -0.39 is 5.97 Å². The fourth-order valence-corrected chi connectivity index (χ4v) is 2.27. The highest BCUT2D eigenvalue weighted by molar-refractivity contribution is 5.95. The quantitative estimate of drug-likeness (QED) is 0.905. The van der Waals surface area contributed by atoms with E-state index in [4.69, 9.17) is 9.68 Å². The van der Waals surface area contributed by atoms with Gasteiger partial charge >= 0.3 is 5.97 Å². The van der Waals surface area contributed by atoms with Crippen LogP contribution in [-0.2, 0) is 6.54 Å². The third kappa shape index (κ3) is 2.81. The van der Waals surface area contributed by atoms with E-state index in [-0.39, 0.29) is 11.7 Å². The van der Waals surface area contributed by atoms with Crippen LogP contribution in [0.15, 0.2) is 28.7 Å². The highest BCUT2D eigenvalue weighted by Gasteiger charge is 2.21. The van der Waals surface area contributed by atoms with E-state index >= 15 is 0 Å². The summed E-state index contributed by atoms with van der Waals surface area (Å²) in [6, 6.07) is 9.43. The number of hydrogen-bond donors (Lipinski definition) is 1. The summed E-state index contributed by atoms with van der Waals surface area (Å²) in [5.74, 6) is -1.20. The van der Waals surface area contributed by atoms with Gasteiger partial charge in [-0.2, -0.15) is 5.26 Å². The fraction of sp³-hybridized carbons (Fsp3) is 0.333. The van der Waals surface area contributed by atoms with Crippen LogP contribution in [0.5, 0.6) is 0 Å². The van der Waals surface area contributed by atoms with E-state index in [0.29, 0.717) is 24.2 Å². The first kappa shape index (κ1) is 14.1. The van der Waals surface area contributed by atoms with Crippen LogP contribution >= 0.6 is 0 Å². The van der Waals surface area contributed by atoms with Crippen LogP contribution in [0.25, 0.3) is 11.0 Å². The van der Waals surface area contributed by atoms with E-state index in [9.17, 15) is 9.90 Å². The molecule has 1 atom stereocenters. The van der Waals surface area contributed by atoms with Gasteiger partial charge in [0.05, 0.1) is 12.0 Å². The standard InChI is InChI=1S/C15H16N2O3/c1-10(7-16)8-17(2)9-12-11-5-3-4-6-13(11)20-14(12)15(18)19/h3-6,10H,8-9H2,1-2H3,(H,18,19). The van der Waals surface area contributed by atoms with Gasteiger partial charge in [-0.05, 0) is 20.0 Å². The number of fused-ring (bicyclic) bond motifs is 1. The lowest BCUT2D eigenvalue weighted by Crippen LogP contribution is -2.24. The van der Waals surface area contributed by atoms with Crippen LogP contribution in [0.3, 0.4) is 0 Å². The van der Waals surface area contributed by atoms with Crippen molar-refractivity contribution in [2.45, 2.75) is 13.5 Å². The zero-order valence-electron chi connectivity index (χ0n) is 11.5. The molecule has 0 saturated carbocycles. The van der Waals surface area contributed by atoms with Gasteiger partial charge in [0.1, 0.15) is 5.58 Å². The molecule has 0 aliphatic carbocycles. The molecule has 1 heterocycles. The monoisotopic (exact) mass is 272 g/mol. The van der Waals surface area contributed by atoms with Gasteiger partial charge in [-0.1, -0.05) is 18.2 Å². The Morgan fingerprint density at radius 3 is 2.85 bits per heavy atom. The maximum Gasteiger partial charge on any atom is 0.372 e. The second kappa shape index (κ2) is 5.76. The Labute approximate surface area is 117 Å². The van der Waals surface area contributed by atoms with Gasteiger partial charge in [0.25, 0.3) is 0 Å². The van der Waals surface area contributed by atoms with Crippen molar-refractivity contribution in [2.24, 2.45) is 5.92 Å². The maximum atomic E-state index is 11.3. The predicted molar refractivity (Wildman–Crippen MR) is 74.3 cm³/mol. The fourth-order valence-electron chi connectivity index (χ4n) is 2.27. The number of para-hydroxylation sites is 1. The number of aromatic carboxylic acids is 1. The van der Waals surface area contributed by atoms with Gasteiger partial charge in [-0.3, -0.25) is 0 Å². The molecule has 5 heteroatoms. The van der Waals surface area contributed by atoms with Gasteiger partial charge in [0.2, 0.25) is 5.76 Å². The zero-order valence-corrected chi connectivity index (χ0v) is 11.5.